The van der Waals surface area contributed by atoms with E-state index in [2.05, 4.69) is 67.0 Å². The van der Waals surface area contributed by atoms with Crippen molar-refractivity contribution >= 4 is 5.65 Å². The Hall–Kier alpha value is -2.09. The summed E-state index contributed by atoms with van der Waals surface area (Å²) in [6, 6.07) is 13.1. The van der Waals surface area contributed by atoms with E-state index >= 15 is 0 Å². The van der Waals surface area contributed by atoms with Crippen molar-refractivity contribution < 1.29 is 0 Å². The van der Waals surface area contributed by atoms with Gasteiger partial charge in [-0.2, -0.15) is 0 Å². The maximum Gasteiger partial charge on any atom is 0.137 e. The van der Waals surface area contributed by atoms with Gasteiger partial charge in [0.1, 0.15) is 5.65 Å². The van der Waals surface area contributed by atoms with Crippen LogP contribution >= 0.6 is 0 Å². The average Bonchev–Trinajstić information content (AvgIpc) is 2.95. The van der Waals surface area contributed by atoms with Crippen LogP contribution in [0.15, 0.2) is 48.8 Å². The number of nitrogens with zero attached hydrogens (tertiary/aromatic N) is 2. The maximum atomic E-state index is 4.70. The molecule has 0 aliphatic carbocycles. The van der Waals surface area contributed by atoms with Gasteiger partial charge in [-0.15, -0.1) is 0 Å². The first-order valence-electron chi connectivity index (χ1n) is 8.31. The number of unbranched alkanes of at least 4 members (excludes halogenated alkanes) is 3. The minimum absolute atomic E-state index is 1.00. The standard InChI is InChI=1S/C20H24N2/c1-3-4-5-6-7-17-9-11-18(12-10-17)19-15-22-14-16(2)8-13-20(22)21-19/h8-15H,3-7H2,1-2H3. The smallest absolute Gasteiger partial charge is 0.137 e. The van der Waals surface area contributed by atoms with Crippen molar-refractivity contribution in [2.24, 2.45) is 0 Å². The summed E-state index contributed by atoms with van der Waals surface area (Å²) in [6.07, 6.45) is 10.7. The van der Waals surface area contributed by atoms with Crippen molar-refractivity contribution in [1.82, 2.24) is 9.38 Å². The van der Waals surface area contributed by atoms with E-state index in [9.17, 15) is 0 Å². The van der Waals surface area contributed by atoms with Crippen molar-refractivity contribution in [3.05, 3.63) is 59.9 Å². The molecular weight excluding hydrogens is 268 g/mol. The highest BCUT2D eigenvalue weighted by molar-refractivity contribution is 5.63. The molecule has 0 bridgehead atoms. The molecule has 0 radical (unpaired) electrons. The number of benzene rings is 1. The Morgan fingerprint density at radius 3 is 2.50 bits per heavy atom. The van der Waals surface area contributed by atoms with E-state index in [4.69, 9.17) is 4.98 Å². The zero-order valence-corrected chi connectivity index (χ0v) is 13.5. The molecule has 0 saturated heterocycles. The largest absolute Gasteiger partial charge is 0.306 e. The minimum Gasteiger partial charge on any atom is -0.306 e. The van der Waals surface area contributed by atoms with Gasteiger partial charge in [0.25, 0.3) is 0 Å². The second-order valence-corrected chi connectivity index (χ2v) is 6.11. The van der Waals surface area contributed by atoms with Crippen LogP contribution in [0.2, 0.25) is 0 Å². The minimum atomic E-state index is 1.00. The summed E-state index contributed by atoms with van der Waals surface area (Å²) in [6.45, 7) is 4.36. The van der Waals surface area contributed by atoms with Gasteiger partial charge in [0, 0.05) is 18.0 Å². The first kappa shape index (κ1) is 14.8. The van der Waals surface area contributed by atoms with E-state index in [1.807, 2.05) is 0 Å². The average molecular weight is 292 g/mol. The summed E-state index contributed by atoms with van der Waals surface area (Å²) in [5, 5.41) is 0. The highest BCUT2D eigenvalue weighted by Crippen LogP contribution is 2.21. The summed E-state index contributed by atoms with van der Waals surface area (Å²) >= 11 is 0. The summed E-state index contributed by atoms with van der Waals surface area (Å²) in [5.74, 6) is 0. The monoisotopic (exact) mass is 292 g/mol. The zero-order chi connectivity index (χ0) is 15.4. The number of fused-ring (bicyclic) bond motifs is 1. The molecule has 0 amide bonds. The second-order valence-electron chi connectivity index (χ2n) is 6.11. The van der Waals surface area contributed by atoms with Gasteiger partial charge in [0.2, 0.25) is 0 Å². The third kappa shape index (κ3) is 3.38. The Labute approximate surface area is 132 Å². The first-order valence-corrected chi connectivity index (χ1v) is 8.31. The Bertz CT molecular complexity index is 738. The molecule has 0 N–H and O–H groups in total. The lowest BCUT2D eigenvalue weighted by Gasteiger charge is -2.02. The molecule has 114 valence electrons. The predicted molar refractivity (Wildman–Crippen MR) is 93.2 cm³/mol. The zero-order valence-electron chi connectivity index (χ0n) is 13.5. The lowest BCUT2D eigenvalue weighted by Crippen LogP contribution is -1.86. The first-order chi connectivity index (χ1) is 10.8. The normalized spacial score (nSPS) is 11.2. The van der Waals surface area contributed by atoms with Crippen molar-refractivity contribution in [3.63, 3.8) is 0 Å². The van der Waals surface area contributed by atoms with Crippen LogP contribution in [0.4, 0.5) is 0 Å². The van der Waals surface area contributed by atoms with Crippen molar-refractivity contribution in [3.8, 4) is 11.3 Å². The van der Waals surface area contributed by atoms with Gasteiger partial charge >= 0.3 is 0 Å². The van der Waals surface area contributed by atoms with E-state index < -0.39 is 0 Å². The van der Waals surface area contributed by atoms with Crippen LogP contribution in [0.3, 0.4) is 0 Å². The Morgan fingerprint density at radius 2 is 1.73 bits per heavy atom. The third-order valence-electron chi connectivity index (χ3n) is 4.17. The van der Waals surface area contributed by atoms with E-state index in [0.29, 0.717) is 0 Å². The third-order valence-corrected chi connectivity index (χ3v) is 4.17. The molecule has 0 aliphatic heterocycles. The SMILES string of the molecule is CCCCCCc1ccc(-c2cn3cc(C)ccc3n2)cc1. The molecule has 2 heterocycles. The quantitative estimate of drug-likeness (QED) is 0.553. The molecule has 2 heteroatoms. The molecule has 3 rings (SSSR count). The van der Waals surface area contributed by atoms with Gasteiger partial charge in [-0.3, -0.25) is 0 Å². The number of rotatable bonds is 6. The van der Waals surface area contributed by atoms with E-state index in [-0.39, 0.29) is 0 Å². The van der Waals surface area contributed by atoms with Crippen molar-refractivity contribution in [2.45, 2.75) is 46.0 Å². The molecule has 0 atom stereocenters. The van der Waals surface area contributed by atoms with Gasteiger partial charge < -0.3 is 4.40 Å². The summed E-state index contributed by atoms with van der Waals surface area (Å²) in [7, 11) is 0. The van der Waals surface area contributed by atoms with Crippen LogP contribution in [0, 0.1) is 6.92 Å². The lowest BCUT2D eigenvalue weighted by atomic mass is 10.0. The summed E-state index contributed by atoms with van der Waals surface area (Å²) < 4.78 is 2.10. The molecule has 2 aromatic heterocycles. The number of imidazole rings is 1. The fourth-order valence-corrected chi connectivity index (χ4v) is 2.84. The van der Waals surface area contributed by atoms with Gasteiger partial charge in [-0.1, -0.05) is 56.5 Å². The molecule has 0 unspecified atom stereocenters. The molecular formula is C20H24N2. The second kappa shape index (κ2) is 6.78. The van der Waals surface area contributed by atoms with E-state index in [1.54, 1.807) is 0 Å². The van der Waals surface area contributed by atoms with Crippen molar-refractivity contribution in [1.29, 1.82) is 0 Å². The van der Waals surface area contributed by atoms with Crippen LogP contribution < -0.4 is 0 Å². The molecule has 0 spiro atoms. The number of aryl methyl sites for hydroxylation is 2. The molecule has 3 aromatic rings. The molecule has 0 aliphatic rings. The highest BCUT2D eigenvalue weighted by Gasteiger charge is 2.04. The number of pyridine rings is 1. The Balaban J connectivity index is 1.73. The van der Waals surface area contributed by atoms with Gasteiger partial charge in [0.15, 0.2) is 0 Å². The lowest BCUT2D eigenvalue weighted by molar-refractivity contribution is 0.667. The van der Waals surface area contributed by atoms with Crippen LogP contribution in [-0.2, 0) is 6.42 Å². The van der Waals surface area contributed by atoms with E-state index in [0.717, 1.165) is 11.3 Å². The number of hydrogen-bond acceptors (Lipinski definition) is 1. The molecule has 22 heavy (non-hydrogen) atoms. The number of aromatic nitrogens is 2. The van der Waals surface area contributed by atoms with Gasteiger partial charge in [-0.05, 0) is 37.0 Å². The maximum absolute atomic E-state index is 4.70. The van der Waals surface area contributed by atoms with Gasteiger partial charge in [0.05, 0.1) is 5.69 Å². The Morgan fingerprint density at radius 1 is 0.909 bits per heavy atom. The Kier molecular flexibility index (Phi) is 4.57. The highest BCUT2D eigenvalue weighted by atomic mass is 15.0. The molecule has 0 fully saturated rings. The van der Waals surface area contributed by atoms with Crippen LogP contribution in [0.5, 0.6) is 0 Å². The van der Waals surface area contributed by atoms with Crippen LogP contribution in [0.25, 0.3) is 16.9 Å². The van der Waals surface area contributed by atoms with Crippen LogP contribution in [-0.4, -0.2) is 9.38 Å². The topological polar surface area (TPSA) is 17.3 Å². The fraction of sp³-hybridized carbons (Fsp3) is 0.350. The summed E-state index contributed by atoms with van der Waals surface area (Å²) in [5.41, 5.74) is 5.92. The molecule has 2 nitrogen and oxygen atoms in total. The fourth-order valence-electron chi connectivity index (χ4n) is 2.84. The summed E-state index contributed by atoms with van der Waals surface area (Å²) in [4.78, 5) is 4.70. The number of hydrogen-bond donors (Lipinski definition) is 0. The molecule has 1 aromatic carbocycles. The van der Waals surface area contributed by atoms with Gasteiger partial charge in [-0.25, -0.2) is 4.98 Å². The predicted octanol–water partition coefficient (Wildman–Crippen LogP) is 5.43. The van der Waals surface area contributed by atoms with E-state index in [1.165, 1.54) is 48.8 Å². The van der Waals surface area contributed by atoms with Crippen LogP contribution in [0.1, 0.15) is 43.7 Å². The van der Waals surface area contributed by atoms with Crippen molar-refractivity contribution in [2.75, 3.05) is 0 Å². The molecule has 0 saturated carbocycles.